The maximum Gasteiger partial charge on any atom is 0.222 e. The van der Waals surface area contributed by atoms with Gasteiger partial charge in [0.15, 0.2) is 0 Å². The molecule has 4 heteroatoms. The SMILES string of the molecule is CCCOc1ccc(CCC(=O)N2CCCNCC2)cc1. The van der Waals surface area contributed by atoms with Gasteiger partial charge in [0.25, 0.3) is 0 Å². The van der Waals surface area contributed by atoms with Crippen molar-refractivity contribution in [3.05, 3.63) is 29.8 Å². The van der Waals surface area contributed by atoms with Gasteiger partial charge < -0.3 is 15.0 Å². The zero-order valence-electron chi connectivity index (χ0n) is 12.9. The van der Waals surface area contributed by atoms with E-state index < -0.39 is 0 Å². The number of carbonyl (C=O) groups is 1. The van der Waals surface area contributed by atoms with Gasteiger partial charge in [-0.25, -0.2) is 0 Å². The molecule has 0 aliphatic carbocycles. The fourth-order valence-electron chi connectivity index (χ4n) is 2.48. The third-order valence-corrected chi connectivity index (χ3v) is 3.72. The minimum Gasteiger partial charge on any atom is -0.494 e. The molecular formula is C17H26N2O2. The lowest BCUT2D eigenvalue weighted by Gasteiger charge is -2.19. The molecule has 0 unspecified atom stereocenters. The molecule has 1 amide bonds. The highest BCUT2D eigenvalue weighted by Gasteiger charge is 2.14. The Morgan fingerprint density at radius 2 is 2.05 bits per heavy atom. The Bertz CT molecular complexity index is 423. The number of benzene rings is 1. The van der Waals surface area contributed by atoms with Crippen molar-refractivity contribution >= 4 is 5.91 Å². The molecule has 4 nitrogen and oxygen atoms in total. The van der Waals surface area contributed by atoms with Gasteiger partial charge in [0.1, 0.15) is 5.75 Å². The van der Waals surface area contributed by atoms with E-state index in [0.717, 1.165) is 57.8 Å². The third kappa shape index (κ3) is 5.38. The van der Waals surface area contributed by atoms with Crippen LogP contribution in [0.2, 0.25) is 0 Å². The van der Waals surface area contributed by atoms with Gasteiger partial charge in [-0.15, -0.1) is 0 Å². The van der Waals surface area contributed by atoms with Crippen LogP contribution in [0.25, 0.3) is 0 Å². The van der Waals surface area contributed by atoms with Crippen molar-refractivity contribution in [3.63, 3.8) is 0 Å². The topological polar surface area (TPSA) is 41.6 Å². The monoisotopic (exact) mass is 290 g/mol. The molecule has 0 saturated carbocycles. The van der Waals surface area contributed by atoms with Crippen molar-refractivity contribution in [1.82, 2.24) is 10.2 Å². The smallest absolute Gasteiger partial charge is 0.222 e. The van der Waals surface area contributed by atoms with E-state index in [-0.39, 0.29) is 5.91 Å². The number of carbonyl (C=O) groups excluding carboxylic acids is 1. The Balaban J connectivity index is 1.77. The van der Waals surface area contributed by atoms with Crippen molar-refractivity contribution in [3.8, 4) is 5.75 Å². The summed E-state index contributed by atoms with van der Waals surface area (Å²) >= 11 is 0. The summed E-state index contributed by atoms with van der Waals surface area (Å²) in [5.41, 5.74) is 1.19. The quantitative estimate of drug-likeness (QED) is 0.873. The van der Waals surface area contributed by atoms with Gasteiger partial charge in [-0.1, -0.05) is 19.1 Å². The van der Waals surface area contributed by atoms with Crippen molar-refractivity contribution in [2.75, 3.05) is 32.8 Å². The molecule has 1 aliphatic heterocycles. The maximum absolute atomic E-state index is 12.2. The van der Waals surface area contributed by atoms with Gasteiger partial charge in [0.2, 0.25) is 5.91 Å². The fraction of sp³-hybridized carbons (Fsp3) is 0.588. The number of nitrogens with zero attached hydrogens (tertiary/aromatic N) is 1. The molecule has 1 heterocycles. The lowest BCUT2D eigenvalue weighted by Crippen LogP contribution is -2.34. The summed E-state index contributed by atoms with van der Waals surface area (Å²) in [6.07, 6.45) is 3.46. The van der Waals surface area contributed by atoms with E-state index in [9.17, 15) is 4.79 Å². The molecule has 0 radical (unpaired) electrons. The zero-order chi connectivity index (χ0) is 14.9. The molecule has 1 fully saturated rings. The largest absolute Gasteiger partial charge is 0.494 e. The molecule has 1 aromatic carbocycles. The van der Waals surface area contributed by atoms with Crippen LogP contribution in [0.5, 0.6) is 5.75 Å². The molecule has 21 heavy (non-hydrogen) atoms. The van der Waals surface area contributed by atoms with Crippen LogP contribution in [0.1, 0.15) is 31.7 Å². The second-order valence-electron chi connectivity index (χ2n) is 5.48. The van der Waals surface area contributed by atoms with E-state index in [1.165, 1.54) is 5.56 Å². The molecule has 0 aromatic heterocycles. The normalized spacial score (nSPS) is 15.6. The molecular weight excluding hydrogens is 264 g/mol. The van der Waals surface area contributed by atoms with Gasteiger partial charge in [0.05, 0.1) is 6.61 Å². The minimum absolute atomic E-state index is 0.269. The average Bonchev–Trinajstić information content (AvgIpc) is 2.81. The summed E-state index contributed by atoms with van der Waals surface area (Å²) in [5, 5.41) is 3.32. The van der Waals surface area contributed by atoms with Gasteiger partial charge in [0, 0.05) is 26.1 Å². The van der Waals surface area contributed by atoms with E-state index in [4.69, 9.17) is 4.74 Å². The van der Waals surface area contributed by atoms with Crippen LogP contribution in [-0.2, 0) is 11.2 Å². The fourth-order valence-corrected chi connectivity index (χ4v) is 2.48. The Morgan fingerprint density at radius 3 is 2.81 bits per heavy atom. The van der Waals surface area contributed by atoms with Crippen LogP contribution >= 0.6 is 0 Å². The maximum atomic E-state index is 12.2. The van der Waals surface area contributed by atoms with Crippen LogP contribution in [0.3, 0.4) is 0 Å². The van der Waals surface area contributed by atoms with Crippen LogP contribution in [0.4, 0.5) is 0 Å². The first-order valence-corrected chi connectivity index (χ1v) is 8.00. The van der Waals surface area contributed by atoms with Gasteiger partial charge in [-0.3, -0.25) is 4.79 Å². The molecule has 1 N–H and O–H groups in total. The molecule has 1 aliphatic rings. The van der Waals surface area contributed by atoms with E-state index in [2.05, 4.69) is 24.4 Å². The summed E-state index contributed by atoms with van der Waals surface area (Å²) in [5.74, 6) is 1.18. The number of rotatable bonds is 6. The predicted octanol–water partition coefficient (Wildman–Crippen LogP) is 2.23. The van der Waals surface area contributed by atoms with Crippen LogP contribution in [-0.4, -0.2) is 43.6 Å². The second-order valence-corrected chi connectivity index (χ2v) is 5.48. The van der Waals surface area contributed by atoms with Crippen molar-refractivity contribution < 1.29 is 9.53 Å². The summed E-state index contributed by atoms with van der Waals surface area (Å²) in [4.78, 5) is 14.2. The summed E-state index contributed by atoms with van der Waals surface area (Å²) < 4.78 is 5.56. The number of nitrogens with one attached hydrogen (secondary N) is 1. The summed E-state index contributed by atoms with van der Waals surface area (Å²) in [7, 11) is 0. The highest BCUT2D eigenvalue weighted by molar-refractivity contribution is 5.76. The van der Waals surface area contributed by atoms with Crippen LogP contribution < -0.4 is 10.1 Å². The Morgan fingerprint density at radius 1 is 1.24 bits per heavy atom. The first kappa shape index (κ1) is 15.8. The Kier molecular flexibility index (Phi) is 6.54. The number of amides is 1. The lowest BCUT2D eigenvalue weighted by molar-refractivity contribution is -0.130. The summed E-state index contributed by atoms with van der Waals surface area (Å²) in [6.45, 7) is 6.50. The van der Waals surface area contributed by atoms with E-state index in [0.29, 0.717) is 6.42 Å². The average molecular weight is 290 g/mol. The van der Waals surface area contributed by atoms with Crippen molar-refractivity contribution in [2.45, 2.75) is 32.6 Å². The number of aryl methyl sites for hydroxylation is 1. The van der Waals surface area contributed by atoms with Crippen LogP contribution in [0.15, 0.2) is 24.3 Å². The van der Waals surface area contributed by atoms with Crippen LogP contribution in [0, 0.1) is 0 Å². The van der Waals surface area contributed by atoms with Gasteiger partial charge >= 0.3 is 0 Å². The Hall–Kier alpha value is -1.55. The summed E-state index contributed by atoms with van der Waals surface area (Å²) in [6, 6.07) is 8.10. The number of hydrogen-bond acceptors (Lipinski definition) is 3. The predicted molar refractivity (Wildman–Crippen MR) is 84.6 cm³/mol. The molecule has 116 valence electrons. The zero-order valence-corrected chi connectivity index (χ0v) is 12.9. The lowest BCUT2D eigenvalue weighted by atomic mass is 10.1. The van der Waals surface area contributed by atoms with Crippen molar-refractivity contribution in [1.29, 1.82) is 0 Å². The van der Waals surface area contributed by atoms with E-state index in [1.807, 2.05) is 17.0 Å². The molecule has 0 bridgehead atoms. The number of hydrogen-bond donors (Lipinski definition) is 1. The molecule has 0 atom stereocenters. The third-order valence-electron chi connectivity index (χ3n) is 3.72. The highest BCUT2D eigenvalue weighted by atomic mass is 16.5. The van der Waals surface area contributed by atoms with E-state index >= 15 is 0 Å². The van der Waals surface area contributed by atoms with Crippen molar-refractivity contribution in [2.24, 2.45) is 0 Å². The first-order valence-electron chi connectivity index (χ1n) is 8.00. The highest BCUT2D eigenvalue weighted by Crippen LogP contribution is 2.14. The number of ether oxygens (including phenoxy) is 1. The Labute approximate surface area is 127 Å². The second kappa shape index (κ2) is 8.67. The minimum atomic E-state index is 0.269. The van der Waals surface area contributed by atoms with Gasteiger partial charge in [-0.2, -0.15) is 0 Å². The molecule has 1 saturated heterocycles. The van der Waals surface area contributed by atoms with E-state index in [1.54, 1.807) is 0 Å². The van der Waals surface area contributed by atoms with Gasteiger partial charge in [-0.05, 0) is 43.5 Å². The first-order chi connectivity index (χ1) is 10.3. The molecule has 2 rings (SSSR count). The molecule has 1 aromatic rings. The standard InChI is InChI=1S/C17H26N2O2/c1-2-14-21-16-7-4-15(5-8-16)6-9-17(20)19-12-3-10-18-11-13-19/h4-5,7-8,18H,2-3,6,9-14H2,1H3. The molecule has 0 spiro atoms.